The fourth-order valence-corrected chi connectivity index (χ4v) is 5.04. The number of aromatic nitrogens is 1. The van der Waals surface area contributed by atoms with E-state index < -0.39 is 39.7 Å². The lowest BCUT2D eigenvalue weighted by molar-refractivity contribution is -0.140. The molecule has 0 spiro atoms. The zero-order valence-corrected chi connectivity index (χ0v) is 21.2. The molecule has 0 unspecified atom stereocenters. The normalized spacial score (nSPS) is 15.2. The average Bonchev–Trinajstić information content (AvgIpc) is 3.33. The number of rotatable bonds is 6. The van der Waals surface area contributed by atoms with Crippen LogP contribution in [0.5, 0.6) is 0 Å². The van der Waals surface area contributed by atoms with Crippen molar-refractivity contribution < 1.29 is 30.8 Å². The van der Waals surface area contributed by atoms with Crippen LogP contribution in [0.2, 0.25) is 0 Å². The first-order valence-electron chi connectivity index (χ1n) is 11.6. The molecule has 2 N–H and O–H groups in total. The van der Waals surface area contributed by atoms with Gasteiger partial charge in [-0.2, -0.15) is 13.2 Å². The molecule has 1 amide bonds. The number of hydrogen-bond donors (Lipinski definition) is 2. The lowest BCUT2D eigenvalue weighted by Gasteiger charge is -2.22. The van der Waals surface area contributed by atoms with Crippen LogP contribution in [0.3, 0.4) is 0 Å². The van der Waals surface area contributed by atoms with Crippen LogP contribution in [0.4, 0.5) is 28.9 Å². The molecule has 0 bridgehead atoms. The van der Waals surface area contributed by atoms with Crippen LogP contribution < -0.4 is 14.9 Å². The maximum Gasteiger partial charge on any atom is 0.433 e. The van der Waals surface area contributed by atoms with Gasteiger partial charge >= 0.3 is 6.18 Å². The molecule has 1 aliphatic rings. The van der Waals surface area contributed by atoms with Gasteiger partial charge in [0.15, 0.2) is 0 Å². The van der Waals surface area contributed by atoms with E-state index >= 15 is 0 Å². The Bertz CT molecular complexity index is 1470. The second-order valence-electron chi connectivity index (χ2n) is 9.21. The number of benzene rings is 2. The quantitative estimate of drug-likeness (QED) is 0.423. The summed E-state index contributed by atoms with van der Waals surface area (Å²) in [5, 5.41) is 3.13. The highest BCUT2D eigenvalue weighted by Gasteiger charge is 2.34. The van der Waals surface area contributed by atoms with E-state index in [9.17, 15) is 30.8 Å². The van der Waals surface area contributed by atoms with Crippen molar-refractivity contribution in [2.45, 2.75) is 38.9 Å². The van der Waals surface area contributed by atoms with E-state index in [1.165, 1.54) is 24.3 Å². The fourth-order valence-electron chi connectivity index (χ4n) is 4.42. The number of aryl methyl sites for hydroxylation is 1. The minimum absolute atomic E-state index is 0.0944. The molecular weight excluding hydrogens is 512 g/mol. The highest BCUT2D eigenvalue weighted by atomic mass is 32.2. The summed E-state index contributed by atoms with van der Waals surface area (Å²) in [5.74, 6) is -1.25. The summed E-state index contributed by atoms with van der Waals surface area (Å²) < 4.78 is 80.4. The molecule has 7 nitrogen and oxygen atoms in total. The summed E-state index contributed by atoms with van der Waals surface area (Å²) in [6.07, 6.45) is -1.94. The van der Waals surface area contributed by atoms with E-state index in [2.05, 4.69) is 15.0 Å². The summed E-state index contributed by atoms with van der Waals surface area (Å²) >= 11 is 0. The zero-order valence-electron chi connectivity index (χ0n) is 20.4. The second kappa shape index (κ2) is 9.81. The van der Waals surface area contributed by atoms with Crippen LogP contribution in [-0.2, 0) is 16.2 Å². The van der Waals surface area contributed by atoms with Crippen LogP contribution in [-0.4, -0.2) is 38.7 Å². The molecule has 2 heterocycles. The Hall–Kier alpha value is -3.41. The Kier molecular flexibility index (Phi) is 7.06. The van der Waals surface area contributed by atoms with Gasteiger partial charge < -0.3 is 10.2 Å². The predicted octanol–water partition coefficient (Wildman–Crippen LogP) is 5.16. The summed E-state index contributed by atoms with van der Waals surface area (Å²) in [7, 11) is -3.60. The summed E-state index contributed by atoms with van der Waals surface area (Å²) in [5.41, 5.74) is 0.402. The summed E-state index contributed by atoms with van der Waals surface area (Å²) in [6, 6.07) is 6.99. The first-order chi connectivity index (χ1) is 17.2. The number of sulfonamides is 1. The molecule has 37 heavy (non-hydrogen) atoms. The largest absolute Gasteiger partial charge is 0.433 e. The fraction of sp³-hybridized carbons (Fsp3) is 0.360. The highest BCUT2D eigenvalue weighted by Crippen LogP contribution is 2.36. The van der Waals surface area contributed by atoms with Crippen molar-refractivity contribution in [2.24, 2.45) is 0 Å². The molecule has 1 fully saturated rings. The van der Waals surface area contributed by atoms with Crippen LogP contribution in [0.1, 0.15) is 53.0 Å². The molecule has 12 heteroatoms. The minimum Gasteiger partial charge on any atom is -0.371 e. The Morgan fingerprint density at radius 1 is 1.11 bits per heavy atom. The van der Waals surface area contributed by atoms with Gasteiger partial charge in [-0.3, -0.25) is 9.52 Å². The van der Waals surface area contributed by atoms with Crippen molar-refractivity contribution in [1.82, 2.24) is 10.3 Å². The molecule has 198 valence electrons. The van der Waals surface area contributed by atoms with Crippen LogP contribution in [0, 0.1) is 12.7 Å². The Morgan fingerprint density at radius 3 is 2.41 bits per heavy atom. The van der Waals surface area contributed by atoms with E-state index in [1.54, 1.807) is 13.8 Å². The third-order valence-corrected chi connectivity index (χ3v) is 6.83. The molecule has 1 atom stereocenters. The molecule has 1 aliphatic heterocycles. The summed E-state index contributed by atoms with van der Waals surface area (Å²) in [6.45, 7) is 4.39. The van der Waals surface area contributed by atoms with Crippen LogP contribution in [0.15, 0.2) is 36.4 Å². The third kappa shape index (κ3) is 5.95. The van der Waals surface area contributed by atoms with Gasteiger partial charge in [0.2, 0.25) is 10.0 Å². The lowest BCUT2D eigenvalue weighted by Crippen LogP contribution is -2.27. The summed E-state index contributed by atoms with van der Waals surface area (Å²) in [4.78, 5) is 18.7. The van der Waals surface area contributed by atoms with E-state index in [4.69, 9.17) is 0 Å². The number of carbonyl (C=O) groups is 1. The van der Waals surface area contributed by atoms with Crippen LogP contribution in [0.25, 0.3) is 10.9 Å². The number of alkyl halides is 3. The van der Waals surface area contributed by atoms with Crippen LogP contribution >= 0.6 is 0 Å². The van der Waals surface area contributed by atoms with Crippen molar-refractivity contribution in [1.29, 1.82) is 0 Å². The van der Waals surface area contributed by atoms with Gasteiger partial charge in [0.25, 0.3) is 5.91 Å². The topological polar surface area (TPSA) is 91.4 Å². The molecule has 1 aromatic heterocycles. The number of halogens is 4. The third-order valence-electron chi connectivity index (χ3n) is 6.24. The number of carbonyl (C=O) groups excluding carboxylic acids is 1. The van der Waals surface area contributed by atoms with E-state index in [0.29, 0.717) is 29.7 Å². The number of fused-ring (bicyclic) bond motifs is 1. The first-order valence-corrected chi connectivity index (χ1v) is 13.5. The minimum atomic E-state index is -4.61. The highest BCUT2D eigenvalue weighted by molar-refractivity contribution is 7.92. The molecule has 4 rings (SSSR count). The monoisotopic (exact) mass is 538 g/mol. The molecule has 0 saturated carbocycles. The smallest absolute Gasteiger partial charge is 0.371 e. The Balaban J connectivity index is 1.64. The number of amides is 1. The Morgan fingerprint density at radius 2 is 1.78 bits per heavy atom. The van der Waals surface area contributed by atoms with Gasteiger partial charge in [0.1, 0.15) is 11.5 Å². The standard InChI is InChI=1S/C25H26F4N4O3S/c1-14-10-17(19(26)12-21(14)32-37(3,35)36)15(2)30-24(34)16-6-7-20-18(11-16)22(33-8-4-5-9-33)13-23(31-20)25(27,28)29/h6-7,10-13,15,32H,4-5,8-9H2,1-3H3,(H,30,34)/t15-/m1/s1. The molecule has 0 aliphatic carbocycles. The number of hydrogen-bond acceptors (Lipinski definition) is 5. The first kappa shape index (κ1) is 26.6. The van der Waals surface area contributed by atoms with Gasteiger partial charge in [0, 0.05) is 35.3 Å². The molecule has 1 saturated heterocycles. The predicted molar refractivity (Wildman–Crippen MR) is 134 cm³/mol. The van der Waals surface area contributed by atoms with Crippen molar-refractivity contribution in [2.75, 3.05) is 29.0 Å². The molecule has 2 aromatic carbocycles. The van der Waals surface area contributed by atoms with Crippen molar-refractivity contribution in [3.63, 3.8) is 0 Å². The second-order valence-corrected chi connectivity index (χ2v) is 11.0. The van der Waals surface area contributed by atoms with Gasteiger partial charge in [-0.05, 0) is 68.7 Å². The van der Waals surface area contributed by atoms with E-state index in [-0.39, 0.29) is 22.3 Å². The number of nitrogens with zero attached hydrogens (tertiary/aromatic N) is 2. The number of anilines is 2. The average molecular weight is 539 g/mol. The zero-order chi connectivity index (χ0) is 27.1. The maximum absolute atomic E-state index is 14.8. The van der Waals surface area contributed by atoms with Gasteiger partial charge in [-0.25, -0.2) is 17.8 Å². The van der Waals surface area contributed by atoms with E-state index in [1.807, 2.05) is 4.90 Å². The Labute approximate surface area is 211 Å². The molecule has 3 aromatic rings. The van der Waals surface area contributed by atoms with E-state index in [0.717, 1.165) is 31.2 Å². The van der Waals surface area contributed by atoms with Gasteiger partial charge in [0.05, 0.1) is 23.5 Å². The van der Waals surface area contributed by atoms with Crippen molar-refractivity contribution in [3.05, 3.63) is 64.6 Å². The van der Waals surface area contributed by atoms with Gasteiger partial charge in [-0.1, -0.05) is 0 Å². The maximum atomic E-state index is 14.8. The molecule has 0 radical (unpaired) electrons. The number of nitrogens with one attached hydrogen (secondary N) is 2. The number of pyridine rings is 1. The lowest BCUT2D eigenvalue weighted by atomic mass is 10.0. The van der Waals surface area contributed by atoms with Crippen molar-refractivity contribution >= 4 is 38.2 Å². The SMILES string of the molecule is Cc1cc([C@@H](C)NC(=O)c2ccc3nc(C(F)(F)F)cc(N4CCCC4)c3c2)c(F)cc1NS(C)(=O)=O. The van der Waals surface area contributed by atoms with Crippen molar-refractivity contribution in [3.8, 4) is 0 Å². The van der Waals surface area contributed by atoms with Gasteiger partial charge in [-0.15, -0.1) is 0 Å². The molecular formula is C25H26F4N4O3S.